The van der Waals surface area contributed by atoms with Crippen molar-refractivity contribution in [2.45, 2.75) is 6.92 Å². The predicted octanol–water partition coefficient (Wildman–Crippen LogP) is 1.34. The molecule has 0 atom stereocenters. The quantitative estimate of drug-likeness (QED) is 0.849. The van der Waals surface area contributed by atoms with Crippen molar-refractivity contribution in [2.75, 3.05) is 20.2 Å². The minimum absolute atomic E-state index is 0.0772. The Morgan fingerprint density at radius 1 is 1.38 bits per heavy atom. The van der Waals surface area contributed by atoms with Crippen molar-refractivity contribution in [2.24, 2.45) is 0 Å². The summed E-state index contributed by atoms with van der Waals surface area (Å²) in [7, 11) is 1.41. The summed E-state index contributed by atoms with van der Waals surface area (Å²) in [5, 5.41) is 8.64. The van der Waals surface area contributed by atoms with Gasteiger partial charge in [-0.3, -0.25) is 4.79 Å². The van der Waals surface area contributed by atoms with Gasteiger partial charge in [-0.2, -0.15) is 0 Å². The summed E-state index contributed by atoms with van der Waals surface area (Å²) in [5.74, 6) is -2.03. The first-order valence-electron chi connectivity index (χ1n) is 4.79. The normalized spacial score (nSPS) is 10.3. The van der Waals surface area contributed by atoms with Crippen molar-refractivity contribution >= 4 is 5.91 Å². The molecule has 1 N–H and O–H groups in total. The van der Waals surface area contributed by atoms with E-state index in [1.807, 2.05) is 0 Å². The smallest absolute Gasteiger partial charge is 0.256 e. The number of nitrogens with zero attached hydrogens (tertiary/aromatic N) is 1. The molecule has 0 fully saturated rings. The van der Waals surface area contributed by atoms with E-state index < -0.39 is 17.5 Å². The standard InChI is InChI=1S/C11H13F2NO2/c1-7-5-10(13)8(6-9(7)12)11(16)14(2)3-4-15/h5-6,15H,3-4H2,1-2H3. The number of rotatable bonds is 3. The van der Waals surface area contributed by atoms with Crippen molar-refractivity contribution in [3.63, 3.8) is 0 Å². The Balaban J connectivity index is 3.04. The average Bonchev–Trinajstić information content (AvgIpc) is 2.23. The van der Waals surface area contributed by atoms with E-state index in [0.29, 0.717) is 0 Å². The Bertz CT molecular complexity index is 407. The molecule has 0 saturated heterocycles. The zero-order valence-electron chi connectivity index (χ0n) is 9.13. The van der Waals surface area contributed by atoms with Crippen LogP contribution in [0.3, 0.4) is 0 Å². The number of hydrogen-bond acceptors (Lipinski definition) is 2. The molecule has 16 heavy (non-hydrogen) atoms. The van der Waals surface area contributed by atoms with Crippen LogP contribution in [-0.4, -0.2) is 36.1 Å². The van der Waals surface area contributed by atoms with Crippen LogP contribution in [-0.2, 0) is 0 Å². The third-order valence-corrected chi connectivity index (χ3v) is 2.26. The molecular formula is C11H13F2NO2. The van der Waals surface area contributed by atoms with E-state index in [2.05, 4.69) is 0 Å². The number of aryl methyl sites for hydroxylation is 1. The van der Waals surface area contributed by atoms with Crippen molar-refractivity contribution < 1.29 is 18.7 Å². The summed E-state index contributed by atoms with van der Waals surface area (Å²) in [6.07, 6.45) is 0. The van der Waals surface area contributed by atoms with Crippen molar-refractivity contribution in [3.05, 3.63) is 34.9 Å². The van der Waals surface area contributed by atoms with E-state index in [-0.39, 0.29) is 24.3 Å². The molecule has 0 radical (unpaired) electrons. The van der Waals surface area contributed by atoms with Gasteiger partial charge in [0.15, 0.2) is 0 Å². The first-order valence-corrected chi connectivity index (χ1v) is 4.79. The van der Waals surface area contributed by atoms with E-state index in [4.69, 9.17) is 5.11 Å². The molecule has 3 nitrogen and oxygen atoms in total. The lowest BCUT2D eigenvalue weighted by atomic mass is 10.1. The summed E-state index contributed by atoms with van der Waals surface area (Å²) in [6, 6.07) is 1.86. The van der Waals surface area contributed by atoms with Gasteiger partial charge in [-0.05, 0) is 24.6 Å². The summed E-state index contributed by atoms with van der Waals surface area (Å²) >= 11 is 0. The fraction of sp³-hybridized carbons (Fsp3) is 0.364. The van der Waals surface area contributed by atoms with Gasteiger partial charge in [0.25, 0.3) is 5.91 Å². The van der Waals surface area contributed by atoms with Crippen LogP contribution in [0.1, 0.15) is 15.9 Å². The lowest BCUT2D eigenvalue weighted by Crippen LogP contribution is -2.30. The maximum Gasteiger partial charge on any atom is 0.256 e. The highest BCUT2D eigenvalue weighted by Crippen LogP contribution is 2.15. The molecule has 0 aliphatic carbocycles. The molecule has 1 amide bonds. The third kappa shape index (κ3) is 2.55. The van der Waals surface area contributed by atoms with E-state index in [9.17, 15) is 13.6 Å². The van der Waals surface area contributed by atoms with Crippen LogP contribution in [0.4, 0.5) is 8.78 Å². The van der Waals surface area contributed by atoms with E-state index in [1.54, 1.807) is 0 Å². The van der Waals surface area contributed by atoms with Gasteiger partial charge in [0.05, 0.1) is 12.2 Å². The first-order chi connectivity index (χ1) is 7.47. The second-order valence-electron chi connectivity index (χ2n) is 3.53. The molecule has 0 saturated carbocycles. The van der Waals surface area contributed by atoms with E-state index >= 15 is 0 Å². The Labute approximate surface area is 92.3 Å². The van der Waals surface area contributed by atoms with Gasteiger partial charge in [-0.1, -0.05) is 0 Å². The number of aliphatic hydroxyl groups is 1. The average molecular weight is 229 g/mol. The molecule has 0 bridgehead atoms. The lowest BCUT2D eigenvalue weighted by molar-refractivity contribution is 0.0761. The van der Waals surface area contributed by atoms with E-state index in [1.165, 1.54) is 14.0 Å². The van der Waals surface area contributed by atoms with Gasteiger partial charge in [0, 0.05) is 13.6 Å². The Morgan fingerprint density at radius 3 is 2.56 bits per heavy atom. The van der Waals surface area contributed by atoms with Crippen LogP contribution in [0, 0.1) is 18.6 Å². The molecule has 0 aromatic heterocycles. The molecule has 1 aromatic carbocycles. The monoisotopic (exact) mass is 229 g/mol. The fourth-order valence-electron chi connectivity index (χ4n) is 1.27. The maximum atomic E-state index is 13.4. The SMILES string of the molecule is Cc1cc(F)c(C(=O)N(C)CCO)cc1F. The van der Waals surface area contributed by atoms with Gasteiger partial charge < -0.3 is 10.0 Å². The third-order valence-electron chi connectivity index (χ3n) is 2.26. The number of benzene rings is 1. The highest BCUT2D eigenvalue weighted by molar-refractivity contribution is 5.94. The number of likely N-dealkylation sites (N-methyl/N-ethyl adjacent to an activating group) is 1. The second-order valence-corrected chi connectivity index (χ2v) is 3.53. The van der Waals surface area contributed by atoms with Gasteiger partial charge in [0.2, 0.25) is 0 Å². The van der Waals surface area contributed by atoms with Gasteiger partial charge in [-0.15, -0.1) is 0 Å². The number of halogens is 2. The molecule has 5 heteroatoms. The number of aliphatic hydroxyl groups excluding tert-OH is 1. The zero-order valence-corrected chi connectivity index (χ0v) is 9.13. The highest BCUT2D eigenvalue weighted by atomic mass is 19.1. The van der Waals surface area contributed by atoms with Crippen LogP contribution in [0.25, 0.3) is 0 Å². The largest absolute Gasteiger partial charge is 0.395 e. The predicted molar refractivity (Wildman–Crippen MR) is 55.1 cm³/mol. The number of carbonyl (C=O) groups excluding carboxylic acids is 1. The topological polar surface area (TPSA) is 40.5 Å². The minimum Gasteiger partial charge on any atom is -0.395 e. The van der Waals surface area contributed by atoms with Crippen LogP contribution in [0.15, 0.2) is 12.1 Å². The summed E-state index contributed by atoms with van der Waals surface area (Å²) < 4.78 is 26.6. The molecule has 0 spiro atoms. The molecule has 0 aliphatic rings. The minimum atomic E-state index is -0.756. The Morgan fingerprint density at radius 2 is 2.00 bits per heavy atom. The summed E-state index contributed by atoms with van der Waals surface area (Å²) in [5.41, 5.74) is -0.169. The molecule has 1 aromatic rings. The van der Waals surface area contributed by atoms with Gasteiger partial charge in [0.1, 0.15) is 11.6 Å². The lowest BCUT2D eigenvalue weighted by Gasteiger charge is -2.16. The number of carbonyl (C=O) groups is 1. The molecule has 0 aliphatic heterocycles. The molecule has 88 valence electrons. The highest BCUT2D eigenvalue weighted by Gasteiger charge is 2.17. The molecule has 0 heterocycles. The van der Waals surface area contributed by atoms with Gasteiger partial charge >= 0.3 is 0 Å². The molecular weight excluding hydrogens is 216 g/mol. The number of hydrogen-bond donors (Lipinski definition) is 1. The second kappa shape index (κ2) is 5.03. The van der Waals surface area contributed by atoms with E-state index in [0.717, 1.165) is 17.0 Å². The Hall–Kier alpha value is -1.49. The zero-order chi connectivity index (χ0) is 12.3. The Kier molecular flexibility index (Phi) is 3.95. The van der Waals surface area contributed by atoms with Crippen LogP contribution in [0.2, 0.25) is 0 Å². The van der Waals surface area contributed by atoms with Crippen molar-refractivity contribution in [3.8, 4) is 0 Å². The summed E-state index contributed by atoms with van der Waals surface area (Å²) in [6.45, 7) is 1.27. The summed E-state index contributed by atoms with van der Waals surface area (Å²) in [4.78, 5) is 12.8. The van der Waals surface area contributed by atoms with Crippen molar-refractivity contribution in [1.29, 1.82) is 0 Å². The van der Waals surface area contributed by atoms with Crippen LogP contribution >= 0.6 is 0 Å². The van der Waals surface area contributed by atoms with Crippen LogP contribution < -0.4 is 0 Å². The molecule has 1 rings (SSSR count). The maximum absolute atomic E-state index is 13.4. The van der Waals surface area contributed by atoms with Crippen LogP contribution in [0.5, 0.6) is 0 Å². The van der Waals surface area contributed by atoms with Gasteiger partial charge in [-0.25, -0.2) is 8.78 Å². The molecule has 0 unspecified atom stereocenters. The fourth-order valence-corrected chi connectivity index (χ4v) is 1.27. The van der Waals surface area contributed by atoms with Crippen molar-refractivity contribution in [1.82, 2.24) is 4.90 Å². The first kappa shape index (κ1) is 12.6. The number of amides is 1.